The monoisotopic (exact) mass is 302 g/mol. The number of carboxylic acids is 1. The highest BCUT2D eigenvalue weighted by Gasteiger charge is 2.18. The normalized spacial score (nSPS) is 12.1. The lowest BCUT2D eigenvalue weighted by Gasteiger charge is -2.13. The van der Waals surface area contributed by atoms with Gasteiger partial charge >= 0.3 is 5.97 Å². The summed E-state index contributed by atoms with van der Waals surface area (Å²) in [6, 6.07) is -0.778. The van der Waals surface area contributed by atoms with Gasteiger partial charge in [0.2, 0.25) is 5.91 Å². The third kappa shape index (κ3) is 6.07. The van der Waals surface area contributed by atoms with Gasteiger partial charge in [0, 0.05) is 11.1 Å². The zero-order valence-corrected chi connectivity index (χ0v) is 12.6. The molecule has 7 heteroatoms. The van der Waals surface area contributed by atoms with Crippen LogP contribution in [0.4, 0.5) is 0 Å². The Morgan fingerprint density at radius 1 is 1.58 bits per heavy atom. The lowest BCUT2D eigenvalue weighted by atomic mass is 10.2. The van der Waals surface area contributed by atoms with E-state index in [9.17, 15) is 9.59 Å². The summed E-state index contributed by atoms with van der Waals surface area (Å²) in [6.45, 7) is 3.83. The highest BCUT2D eigenvalue weighted by atomic mass is 32.2. The van der Waals surface area contributed by atoms with Crippen molar-refractivity contribution in [2.24, 2.45) is 0 Å². The Bertz CT molecular complexity index is 434. The number of aryl methyl sites for hydroxylation is 1. The number of hydrogen-bond acceptors (Lipinski definition) is 5. The number of rotatable bonds is 8. The van der Waals surface area contributed by atoms with Crippen LogP contribution in [0.15, 0.2) is 5.38 Å². The van der Waals surface area contributed by atoms with Crippen molar-refractivity contribution in [1.82, 2.24) is 10.3 Å². The molecule has 1 rings (SSSR count). The number of carboxylic acid groups (broad SMARTS) is 1. The predicted octanol–water partition coefficient (Wildman–Crippen LogP) is 2.05. The second-order valence-electron chi connectivity index (χ2n) is 4.10. The molecule has 0 aromatic carbocycles. The maximum absolute atomic E-state index is 11.6. The largest absolute Gasteiger partial charge is 0.480 e. The minimum absolute atomic E-state index is 0.238. The number of nitrogens with one attached hydrogen (secondary N) is 1. The zero-order valence-electron chi connectivity index (χ0n) is 11.0. The number of amides is 1. The van der Waals surface area contributed by atoms with Gasteiger partial charge in [0.15, 0.2) is 0 Å². The molecule has 19 heavy (non-hydrogen) atoms. The Labute approximate surface area is 120 Å². The highest BCUT2D eigenvalue weighted by molar-refractivity contribution is 7.99. The fourth-order valence-electron chi connectivity index (χ4n) is 1.50. The molecule has 5 nitrogen and oxygen atoms in total. The van der Waals surface area contributed by atoms with E-state index in [0.29, 0.717) is 12.2 Å². The number of aromatic nitrogens is 1. The Morgan fingerprint density at radius 2 is 2.32 bits per heavy atom. The maximum Gasteiger partial charge on any atom is 0.326 e. The molecule has 1 atom stereocenters. The van der Waals surface area contributed by atoms with Crippen molar-refractivity contribution < 1.29 is 14.7 Å². The van der Waals surface area contributed by atoms with Gasteiger partial charge in [-0.05, 0) is 13.3 Å². The quantitative estimate of drug-likeness (QED) is 0.768. The molecule has 0 aliphatic carbocycles. The fraction of sp³-hybridized carbons (Fsp3) is 0.583. The van der Waals surface area contributed by atoms with Gasteiger partial charge in [0.05, 0.1) is 16.5 Å². The number of aliphatic carboxylic acids is 1. The smallest absolute Gasteiger partial charge is 0.326 e. The van der Waals surface area contributed by atoms with Gasteiger partial charge < -0.3 is 10.4 Å². The van der Waals surface area contributed by atoms with Gasteiger partial charge in [0.1, 0.15) is 6.04 Å². The molecular weight excluding hydrogens is 284 g/mol. The summed E-state index contributed by atoms with van der Waals surface area (Å²) in [5.74, 6) is -0.291. The maximum atomic E-state index is 11.6. The first-order chi connectivity index (χ1) is 9.02. The third-order valence-electron chi connectivity index (χ3n) is 2.36. The van der Waals surface area contributed by atoms with Crippen LogP contribution in [0.1, 0.15) is 30.5 Å². The van der Waals surface area contributed by atoms with Crippen LogP contribution in [0.2, 0.25) is 0 Å². The molecule has 1 amide bonds. The van der Waals surface area contributed by atoms with E-state index in [4.69, 9.17) is 5.11 Å². The van der Waals surface area contributed by atoms with Gasteiger partial charge in [-0.1, -0.05) is 13.3 Å². The molecule has 0 bridgehead atoms. The molecule has 0 fully saturated rings. The Hall–Kier alpha value is -1.08. The number of thioether (sulfide) groups is 1. The number of carbonyl (C=O) groups excluding carboxylic acids is 1. The van der Waals surface area contributed by atoms with Gasteiger partial charge in [-0.2, -0.15) is 0 Å². The SMILES string of the molecule is CCC[C@@H](NC(=O)CSCc1csc(C)n1)C(=O)O. The molecule has 2 N–H and O–H groups in total. The van der Waals surface area contributed by atoms with Crippen LogP contribution in [0.25, 0.3) is 0 Å². The molecule has 0 saturated carbocycles. The Balaban J connectivity index is 2.28. The predicted molar refractivity (Wildman–Crippen MR) is 77.5 cm³/mol. The number of thiazole rings is 1. The van der Waals surface area contributed by atoms with Crippen LogP contribution >= 0.6 is 23.1 Å². The second kappa shape index (κ2) is 8.16. The summed E-state index contributed by atoms with van der Waals surface area (Å²) < 4.78 is 0. The Morgan fingerprint density at radius 3 is 2.84 bits per heavy atom. The van der Waals surface area contributed by atoms with Crippen LogP contribution < -0.4 is 5.32 Å². The van der Waals surface area contributed by atoms with Crippen LogP contribution in [0, 0.1) is 6.92 Å². The van der Waals surface area contributed by atoms with Crippen molar-refractivity contribution >= 4 is 35.0 Å². The first-order valence-electron chi connectivity index (χ1n) is 6.03. The van der Waals surface area contributed by atoms with Gasteiger partial charge in [-0.3, -0.25) is 4.79 Å². The van der Waals surface area contributed by atoms with Crippen LogP contribution in [-0.4, -0.2) is 33.8 Å². The molecule has 1 heterocycles. The second-order valence-corrected chi connectivity index (χ2v) is 6.15. The third-order valence-corrected chi connectivity index (χ3v) is 4.15. The van der Waals surface area contributed by atoms with E-state index in [1.54, 1.807) is 11.3 Å². The van der Waals surface area contributed by atoms with Crippen molar-refractivity contribution in [3.05, 3.63) is 16.1 Å². The van der Waals surface area contributed by atoms with E-state index in [2.05, 4.69) is 10.3 Å². The van der Waals surface area contributed by atoms with Crippen molar-refractivity contribution in [3.8, 4) is 0 Å². The Kier molecular flexibility index (Phi) is 6.86. The highest BCUT2D eigenvalue weighted by Crippen LogP contribution is 2.14. The summed E-state index contributed by atoms with van der Waals surface area (Å²) in [5, 5.41) is 14.4. The van der Waals surface area contributed by atoms with Crippen molar-refractivity contribution in [1.29, 1.82) is 0 Å². The molecule has 0 aliphatic heterocycles. The first-order valence-corrected chi connectivity index (χ1v) is 8.07. The van der Waals surface area contributed by atoms with Gasteiger partial charge in [-0.25, -0.2) is 9.78 Å². The summed E-state index contributed by atoms with van der Waals surface area (Å²) in [4.78, 5) is 26.8. The van der Waals surface area contributed by atoms with Gasteiger partial charge in [0.25, 0.3) is 0 Å². The van der Waals surface area contributed by atoms with E-state index in [1.165, 1.54) is 11.8 Å². The van der Waals surface area contributed by atoms with Gasteiger partial charge in [-0.15, -0.1) is 23.1 Å². The van der Waals surface area contributed by atoms with Crippen LogP contribution in [-0.2, 0) is 15.3 Å². The fourth-order valence-corrected chi connectivity index (χ4v) is 2.95. The first kappa shape index (κ1) is 16.0. The van der Waals surface area contributed by atoms with Crippen molar-refractivity contribution in [2.75, 3.05) is 5.75 Å². The molecule has 106 valence electrons. The van der Waals surface area contributed by atoms with E-state index in [0.717, 1.165) is 17.1 Å². The van der Waals surface area contributed by atoms with Crippen LogP contribution in [0.5, 0.6) is 0 Å². The van der Waals surface area contributed by atoms with E-state index < -0.39 is 12.0 Å². The number of carbonyl (C=O) groups is 2. The van der Waals surface area contributed by atoms with E-state index >= 15 is 0 Å². The summed E-state index contributed by atoms with van der Waals surface area (Å²) in [5.41, 5.74) is 0.962. The molecule has 1 aromatic heterocycles. The molecule has 0 saturated heterocycles. The molecule has 0 unspecified atom stereocenters. The topological polar surface area (TPSA) is 79.3 Å². The summed E-state index contributed by atoms with van der Waals surface area (Å²) in [7, 11) is 0. The van der Waals surface area contributed by atoms with Crippen molar-refractivity contribution in [3.63, 3.8) is 0 Å². The summed E-state index contributed by atoms with van der Waals surface area (Å²) >= 11 is 3.02. The number of hydrogen-bond donors (Lipinski definition) is 2. The van der Waals surface area contributed by atoms with Crippen LogP contribution in [0.3, 0.4) is 0 Å². The zero-order chi connectivity index (χ0) is 14.3. The summed E-state index contributed by atoms with van der Waals surface area (Å²) in [6.07, 6.45) is 1.18. The standard InChI is InChI=1S/C12H18N2O3S2/c1-3-4-10(12(16)17)14-11(15)7-18-5-9-6-19-8(2)13-9/h6,10H,3-5,7H2,1-2H3,(H,14,15)(H,16,17)/t10-/m1/s1. The minimum Gasteiger partial charge on any atom is -0.480 e. The molecule has 1 aromatic rings. The molecular formula is C12H18N2O3S2. The van der Waals surface area contributed by atoms with Crippen molar-refractivity contribution in [2.45, 2.75) is 38.5 Å². The van der Waals surface area contributed by atoms with E-state index in [-0.39, 0.29) is 11.7 Å². The molecule has 0 aliphatic rings. The van der Waals surface area contributed by atoms with E-state index in [1.807, 2.05) is 19.2 Å². The molecule has 0 radical (unpaired) electrons. The average Bonchev–Trinajstić information content (AvgIpc) is 2.74. The minimum atomic E-state index is -0.977. The average molecular weight is 302 g/mol. The lowest BCUT2D eigenvalue weighted by Crippen LogP contribution is -2.41. The lowest BCUT2D eigenvalue weighted by molar-refractivity contribution is -0.141. The number of nitrogens with zero attached hydrogens (tertiary/aromatic N) is 1. The molecule has 0 spiro atoms.